The Morgan fingerprint density at radius 3 is 2.48 bits per heavy atom. The van der Waals surface area contributed by atoms with E-state index in [1.54, 1.807) is 13.0 Å². The summed E-state index contributed by atoms with van der Waals surface area (Å²) in [5, 5.41) is 3.06. The van der Waals surface area contributed by atoms with Crippen LogP contribution in [0.2, 0.25) is 5.02 Å². The maximum Gasteiger partial charge on any atom is 0.416 e. The van der Waals surface area contributed by atoms with E-state index in [4.69, 9.17) is 11.6 Å². The van der Waals surface area contributed by atoms with Gasteiger partial charge in [0.1, 0.15) is 0 Å². The largest absolute Gasteiger partial charge is 0.416 e. The average molecular weight is 342 g/mol. The molecule has 0 bridgehead atoms. The van der Waals surface area contributed by atoms with Crippen LogP contribution in [-0.4, -0.2) is 5.91 Å². The van der Waals surface area contributed by atoms with Crippen LogP contribution in [0, 0.1) is 13.8 Å². The second-order valence-electron chi connectivity index (χ2n) is 5.36. The van der Waals surface area contributed by atoms with E-state index in [1.165, 1.54) is 12.1 Å². The minimum absolute atomic E-state index is 0.159. The van der Waals surface area contributed by atoms with Gasteiger partial charge >= 0.3 is 6.18 Å². The molecule has 0 unspecified atom stereocenters. The second-order valence-corrected chi connectivity index (χ2v) is 5.77. The number of nitrogens with one attached hydrogen (secondary N) is 1. The summed E-state index contributed by atoms with van der Waals surface area (Å²) in [5.41, 5.74) is 1.76. The van der Waals surface area contributed by atoms with Crippen LogP contribution in [0.15, 0.2) is 36.4 Å². The lowest BCUT2D eigenvalue weighted by Gasteiger charge is -2.12. The molecule has 0 saturated carbocycles. The number of hydrogen-bond acceptors (Lipinski definition) is 1. The van der Waals surface area contributed by atoms with Crippen LogP contribution in [-0.2, 0) is 17.4 Å². The minimum atomic E-state index is -4.43. The van der Waals surface area contributed by atoms with Gasteiger partial charge in [-0.3, -0.25) is 4.79 Å². The molecule has 122 valence electrons. The first-order valence-electron chi connectivity index (χ1n) is 6.89. The Labute approximate surface area is 137 Å². The van der Waals surface area contributed by atoms with Crippen molar-refractivity contribution in [3.8, 4) is 0 Å². The highest BCUT2D eigenvalue weighted by atomic mass is 35.5. The topological polar surface area (TPSA) is 29.1 Å². The monoisotopic (exact) mass is 341 g/mol. The number of halogens is 4. The number of alkyl halides is 3. The molecule has 0 aliphatic heterocycles. The van der Waals surface area contributed by atoms with Crippen molar-refractivity contribution in [2.75, 3.05) is 5.32 Å². The third-order valence-electron chi connectivity index (χ3n) is 3.32. The number of rotatable bonds is 3. The fourth-order valence-corrected chi connectivity index (χ4v) is 2.67. The van der Waals surface area contributed by atoms with E-state index in [0.717, 1.165) is 23.3 Å². The first-order chi connectivity index (χ1) is 10.7. The van der Waals surface area contributed by atoms with Gasteiger partial charge in [0.2, 0.25) is 5.91 Å². The predicted molar refractivity (Wildman–Crippen MR) is 84.7 cm³/mol. The van der Waals surface area contributed by atoms with Gasteiger partial charge in [0.15, 0.2) is 0 Å². The van der Waals surface area contributed by atoms with Crippen molar-refractivity contribution in [2.24, 2.45) is 0 Å². The molecule has 0 aromatic heterocycles. The first-order valence-corrected chi connectivity index (χ1v) is 7.27. The number of carbonyl (C=O) groups excluding carboxylic acids is 1. The summed E-state index contributed by atoms with van der Waals surface area (Å²) in [5.74, 6) is -0.418. The highest BCUT2D eigenvalue weighted by Gasteiger charge is 2.30. The molecule has 0 aliphatic carbocycles. The van der Waals surface area contributed by atoms with Crippen LogP contribution in [0.5, 0.6) is 0 Å². The van der Waals surface area contributed by atoms with Crippen molar-refractivity contribution in [3.63, 3.8) is 0 Å². The Hall–Kier alpha value is -2.01. The second kappa shape index (κ2) is 6.62. The fourth-order valence-electron chi connectivity index (χ4n) is 2.30. The van der Waals surface area contributed by atoms with Crippen molar-refractivity contribution in [2.45, 2.75) is 26.4 Å². The highest BCUT2D eigenvalue weighted by Crippen LogP contribution is 2.30. The molecule has 0 aliphatic rings. The smallest absolute Gasteiger partial charge is 0.324 e. The Balaban J connectivity index is 2.15. The molecule has 0 radical (unpaired) electrons. The lowest BCUT2D eigenvalue weighted by Crippen LogP contribution is -2.16. The molecule has 2 rings (SSSR count). The molecule has 2 aromatic carbocycles. The van der Waals surface area contributed by atoms with E-state index in [1.807, 2.05) is 13.0 Å². The molecule has 23 heavy (non-hydrogen) atoms. The quantitative estimate of drug-likeness (QED) is 0.821. The summed E-state index contributed by atoms with van der Waals surface area (Å²) in [7, 11) is 0. The zero-order valence-electron chi connectivity index (χ0n) is 12.6. The number of hydrogen-bond donors (Lipinski definition) is 1. The Morgan fingerprint density at radius 1 is 1.17 bits per heavy atom. The maximum atomic E-state index is 12.7. The van der Waals surface area contributed by atoms with E-state index in [9.17, 15) is 18.0 Å². The van der Waals surface area contributed by atoms with Gasteiger partial charge in [-0.15, -0.1) is 0 Å². The molecule has 1 N–H and O–H groups in total. The van der Waals surface area contributed by atoms with Gasteiger partial charge in [-0.2, -0.15) is 13.2 Å². The van der Waals surface area contributed by atoms with Crippen molar-refractivity contribution in [1.82, 2.24) is 0 Å². The van der Waals surface area contributed by atoms with Gasteiger partial charge in [0, 0.05) is 0 Å². The maximum absolute atomic E-state index is 12.7. The normalized spacial score (nSPS) is 11.4. The first kappa shape index (κ1) is 17.3. The van der Waals surface area contributed by atoms with Crippen LogP contribution in [0.3, 0.4) is 0 Å². The SMILES string of the molecule is Cc1cc(C)c(NC(=O)Cc2cccc(C(F)(F)F)c2)c(Cl)c1. The summed E-state index contributed by atoms with van der Waals surface area (Å²) >= 11 is 6.10. The predicted octanol–water partition coefficient (Wildman–Crippen LogP) is 5.16. The molecule has 2 nitrogen and oxygen atoms in total. The van der Waals surface area contributed by atoms with E-state index in [0.29, 0.717) is 16.3 Å². The molecule has 0 saturated heterocycles. The molecular weight excluding hydrogens is 327 g/mol. The molecule has 0 heterocycles. The molecular formula is C17H15ClF3NO. The van der Waals surface area contributed by atoms with Gasteiger partial charge in [-0.25, -0.2) is 0 Å². The molecule has 0 fully saturated rings. The van der Waals surface area contributed by atoms with Crippen molar-refractivity contribution >= 4 is 23.2 Å². The number of aryl methyl sites for hydroxylation is 2. The van der Waals surface area contributed by atoms with Crippen molar-refractivity contribution in [1.29, 1.82) is 0 Å². The highest BCUT2D eigenvalue weighted by molar-refractivity contribution is 6.34. The number of benzene rings is 2. The van der Waals surface area contributed by atoms with E-state index in [2.05, 4.69) is 5.32 Å². The number of amides is 1. The van der Waals surface area contributed by atoms with Crippen LogP contribution in [0.25, 0.3) is 0 Å². The summed E-state index contributed by atoms with van der Waals surface area (Å²) < 4.78 is 38.0. The van der Waals surface area contributed by atoms with Gasteiger partial charge in [0.05, 0.1) is 22.7 Å². The van der Waals surface area contributed by atoms with Crippen LogP contribution >= 0.6 is 11.6 Å². The third-order valence-corrected chi connectivity index (χ3v) is 3.61. The average Bonchev–Trinajstić information content (AvgIpc) is 2.42. The van der Waals surface area contributed by atoms with Gasteiger partial charge in [-0.05, 0) is 42.7 Å². The molecule has 0 atom stereocenters. The number of carbonyl (C=O) groups is 1. The van der Waals surface area contributed by atoms with E-state index in [-0.39, 0.29) is 6.42 Å². The van der Waals surface area contributed by atoms with E-state index >= 15 is 0 Å². The Kier molecular flexibility index (Phi) is 5.00. The van der Waals surface area contributed by atoms with E-state index < -0.39 is 17.6 Å². The van der Waals surface area contributed by atoms with Crippen LogP contribution < -0.4 is 5.32 Å². The lowest BCUT2D eigenvalue weighted by molar-refractivity contribution is -0.137. The molecule has 1 amide bonds. The zero-order chi connectivity index (χ0) is 17.2. The van der Waals surface area contributed by atoms with Crippen LogP contribution in [0.1, 0.15) is 22.3 Å². The summed E-state index contributed by atoms with van der Waals surface area (Å²) in [6.45, 7) is 3.69. The molecule has 6 heteroatoms. The third kappa shape index (κ3) is 4.48. The van der Waals surface area contributed by atoms with Crippen molar-refractivity contribution < 1.29 is 18.0 Å². The summed E-state index contributed by atoms with van der Waals surface area (Å²) in [6.07, 6.45) is -4.59. The fraction of sp³-hybridized carbons (Fsp3) is 0.235. The molecule has 2 aromatic rings. The summed E-state index contributed by atoms with van der Waals surface area (Å²) in [4.78, 5) is 12.1. The number of anilines is 1. The minimum Gasteiger partial charge on any atom is -0.324 e. The van der Waals surface area contributed by atoms with Gasteiger partial charge < -0.3 is 5.32 Å². The van der Waals surface area contributed by atoms with Crippen LogP contribution in [0.4, 0.5) is 18.9 Å². The van der Waals surface area contributed by atoms with Gasteiger partial charge in [0.25, 0.3) is 0 Å². The Bertz CT molecular complexity index is 718. The standard InChI is InChI=1S/C17H15ClF3NO/c1-10-6-11(2)16(14(18)7-10)22-15(23)9-12-4-3-5-13(8-12)17(19,20)21/h3-8H,9H2,1-2H3,(H,22,23). The van der Waals surface area contributed by atoms with Crippen molar-refractivity contribution in [3.05, 3.63) is 63.7 Å². The van der Waals surface area contributed by atoms with Gasteiger partial charge in [-0.1, -0.05) is 35.9 Å². The Morgan fingerprint density at radius 2 is 1.87 bits per heavy atom. The molecule has 0 spiro atoms. The zero-order valence-corrected chi connectivity index (χ0v) is 13.3. The lowest BCUT2D eigenvalue weighted by atomic mass is 10.1. The summed E-state index contributed by atoms with van der Waals surface area (Å²) in [6, 6.07) is 8.31.